The smallest absolute Gasteiger partial charge is 0.325 e. The number of aliphatic hydroxyl groups is 1. The number of aromatic amines is 1. The van der Waals surface area contributed by atoms with Crippen LogP contribution in [-0.2, 0) is 49.4 Å². The van der Waals surface area contributed by atoms with Crippen molar-refractivity contribution in [2.75, 3.05) is 31.3 Å². The van der Waals surface area contributed by atoms with Crippen LogP contribution in [0.1, 0.15) is 24.7 Å². The lowest BCUT2D eigenvalue weighted by Gasteiger charge is -2.33. The van der Waals surface area contributed by atoms with Gasteiger partial charge in [-0.3, -0.25) is 18.1 Å². The molecule has 8 rings (SSSR count). The van der Waals surface area contributed by atoms with Crippen molar-refractivity contribution >= 4 is 56.8 Å². The zero-order valence-electron chi connectivity index (χ0n) is 24.3. The summed E-state index contributed by atoms with van der Waals surface area (Å²) in [5.74, 6) is -0.963. The van der Waals surface area contributed by atoms with Gasteiger partial charge in [-0.15, -0.1) is 0 Å². The van der Waals surface area contributed by atoms with E-state index in [1.165, 1.54) is 28.1 Å². The predicted molar refractivity (Wildman–Crippen MR) is 160 cm³/mol. The molecule has 9 unspecified atom stereocenters. The van der Waals surface area contributed by atoms with Crippen LogP contribution in [0.15, 0.2) is 23.8 Å². The predicted octanol–water partition coefficient (Wildman–Crippen LogP) is -1.24. The van der Waals surface area contributed by atoms with E-state index < -0.39 is 89.8 Å². The number of aryl methyl sites for hydroxylation is 1. The summed E-state index contributed by atoms with van der Waals surface area (Å²) in [6, 6.07) is 0. The summed E-state index contributed by atoms with van der Waals surface area (Å²) in [4.78, 5) is 47.4. The molecule has 47 heavy (non-hydrogen) atoms. The highest BCUT2D eigenvalue weighted by Gasteiger charge is 2.65. The quantitative estimate of drug-likeness (QED) is 0.143. The number of hydrogen-bond acceptors (Lipinski definition) is 17. The molecule has 9 atom stereocenters. The third-order valence-corrected chi connectivity index (χ3v) is 11.6. The van der Waals surface area contributed by atoms with Gasteiger partial charge in [-0.25, -0.2) is 24.9 Å². The average molecular weight is 714 g/mol. The van der Waals surface area contributed by atoms with E-state index in [0.717, 1.165) is 0 Å². The number of hydrogen-bond donors (Lipinski definition) is 4. The zero-order valence-corrected chi connectivity index (χ0v) is 26.9. The summed E-state index contributed by atoms with van der Waals surface area (Å²) < 4.78 is 66.3. The summed E-state index contributed by atoms with van der Waals surface area (Å²) in [6.45, 7) is -3.78. The normalized spacial score (nSPS) is 37.0. The largest absolute Gasteiger partial charge is 0.396 e. The highest BCUT2D eigenvalue weighted by Crippen LogP contribution is 2.55. The van der Waals surface area contributed by atoms with Crippen molar-refractivity contribution < 1.29 is 45.9 Å². The Kier molecular flexibility index (Phi) is 7.32. The number of aliphatic hydroxyl groups excluding tert-OH is 1. The van der Waals surface area contributed by atoms with Crippen molar-refractivity contribution in [2.45, 2.75) is 55.8 Å². The molecule has 4 aliphatic rings. The molecular formula is C24H28N9O11PS2. The fourth-order valence-corrected chi connectivity index (χ4v) is 9.30. The first-order valence-corrected chi connectivity index (χ1v) is 18.5. The maximum absolute atomic E-state index is 13.5. The number of imidazole rings is 2. The van der Waals surface area contributed by atoms with Crippen molar-refractivity contribution in [1.29, 1.82) is 0 Å². The molecule has 4 saturated heterocycles. The molecule has 8 heterocycles. The van der Waals surface area contributed by atoms with Gasteiger partial charge in [-0.1, -0.05) is 0 Å². The summed E-state index contributed by atoms with van der Waals surface area (Å²) in [6.07, 6.45) is -2.59. The molecule has 4 fully saturated rings. The van der Waals surface area contributed by atoms with Gasteiger partial charge in [-0.2, -0.15) is 8.42 Å². The molecule has 0 spiro atoms. The van der Waals surface area contributed by atoms with Gasteiger partial charge < -0.3 is 44.0 Å². The summed E-state index contributed by atoms with van der Waals surface area (Å²) in [7, 11) is -4.30. The minimum absolute atomic E-state index is 0.0145. The molecule has 0 radical (unpaired) electrons. The Morgan fingerprint density at radius 1 is 1.13 bits per heavy atom. The highest BCUT2D eigenvalue weighted by molar-refractivity contribution is 8.07. The summed E-state index contributed by atoms with van der Waals surface area (Å²) >= 11 is 5.43. The molecule has 0 aromatic carbocycles. The van der Waals surface area contributed by atoms with Gasteiger partial charge >= 0.3 is 6.72 Å². The van der Waals surface area contributed by atoms with Crippen LogP contribution in [-0.4, -0.2) is 113 Å². The van der Waals surface area contributed by atoms with E-state index in [4.69, 9.17) is 45.0 Å². The van der Waals surface area contributed by atoms with Gasteiger partial charge in [0.2, 0.25) is 0 Å². The maximum Gasteiger partial charge on any atom is 0.325 e. The van der Waals surface area contributed by atoms with Crippen molar-refractivity contribution in [3.63, 3.8) is 0 Å². The number of nitrogens with zero attached hydrogens (tertiary/aromatic N) is 7. The number of rotatable bonds is 3. The molecule has 0 amide bonds. The topological polar surface area (TPSA) is 263 Å². The standard InChI is InChI=1S/C24H28N9O11PS2/c1-10-30-20-14(21(35)31-10)29-9-33(20)22-15-11(4-34)12(41-22)2-3-47(37,38)44-17-16-23(32-8-28-13-18(25)26-7-27-19(13)32)42-24(17,5-39-16)6-40-45(36,46)43-15/h7-9,11-12,15-17,22-23,34H,2-6H2,1H3,(H,36,46)(H2,25,26,27)(H,30,31,35). The van der Waals surface area contributed by atoms with Crippen LogP contribution in [0.4, 0.5) is 5.82 Å². The van der Waals surface area contributed by atoms with E-state index in [-0.39, 0.29) is 30.0 Å². The Morgan fingerprint density at radius 3 is 2.68 bits per heavy atom. The zero-order chi connectivity index (χ0) is 32.9. The maximum atomic E-state index is 13.5. The summed E-state index contributed by atoms with van der Waals surface area (Å²) in [5.41, 5.74) is 4.68. The van der Waals surface area contributed by atoms with E-state index >= 15 is 0 Å². The second-order valence-corrected chi connectivity index (χ2v) is 16.2. The van der Waals surface area contributed by atoms with Gasteiger partial charge in [-0.05, 0) is 25.2 Å². The molecule has 5 N–H and O–H groups in total. The first kappa shape index (κ1) is 31.3. The van der Waals surface area contributed by atoms with E-state index in [1.54, 1.807) is 6.92 Å². The highest BCUT2D eigenvalue weighted by atomic mass is 32.5. The van der Waals surface area contributed by atoms with Crippen molar-refractivity contribution in [2.24, 2.45) is 5.92 Å². The van der Waals surface area contributed by atoms with E-state index in [1.807, 2.05) is 0 Å². The molecule has 23 heteroatoms. The molecule has 4 bridgehead atoms. The average Bonchev–Trinajstić information content (AvgIpc) is 3.82. The van der Waals surface area contributed by atoms with E-state index in [9.17, 15) is 23.2 Å². The van der Waals surface area contributed by atoms with Crippen molar-refractivity contribution in [1.82, 2.24) is 39.0 Å². The van der Waals surface area contributed by atoms with Crippen LogP contribution in [0.3, 0.4) is 0 Å². The molecule has 4 aromatic rings. The molecule has 4 aliphatic heterocycles. The van der Waals surface area contributed by atoms with Gasteiger partial charge in [0.25, 0.3) is 15.7 Å². The fourth-order valence-electron chi connectivity index (χ4n) is 6.62. The van der Waals surface area contributed by atoms with Crippen LogP contribution < -0.4 is 11.3 Å². The molecule has 252 valence electrons. The first-order chi connectivity index (χ1) is 22.4. The third kappa shape index (κ3) is 5.10. The number of nitrogens with one attached hydrogen (secondary N) is 1. The number of anilines is 1. The Bertz CT molecular complexity index is 2110. The van der Waals surface area contributed by atoms with Crippen LogP contribution in [0, 0.1) is 12.8 Å². The lowest BCUT2D eigenvalue weighted by molar-refractivity contribution is -0.183. The van der Waals surface area contributed by atoms with Crippen molar-refractivity contribution in [3.05, 3.63) is 35.2 Å². The second kappa shape index (κ2) is 11.0. The van der Waals surface area contributed by atoms with Crippen LogP contribution >= 0.6 is 6.72 Å². The minimum Gasteiger partial charge on any atom is -0.396 e. The number of H-pyrrole nitrogens is 1. The first-order valence-electron chi connectivity index (χ1n) is 14.4. The van der Waals surface area contributed by atoms with Crippen molar-refractivity contribution in [3.8, 4) is 0 Å². The third-order valence-electron chi connectivity index (χ3n) is 8.79. The van der Waals surface area contributed by atoms with Crippen LogP contribution in [0.5, 0.6) is 0 Å². The monoisotopic (exact) mass is 713 g/mol. The Hall–Kier alpha value is -3.02. The number of nitrogen functional groups attached to an aromatic ring is 1. The minimum atomic E-state index is -4.30. The molecule has 4 aromatic heterocycles. The Labute approximate surface area is 269 Å². The molecular weight excluding hydrogens is 685 g/mol. The SMILES string of the molecule is Cc1nc2c(ncn2C2OC3CCS(=O)(=O)OC4C5OCC4(COP(O)(=S)OC2C3CO)OC5n2cnc3c(N)ncnc32)c(=O)[nH]1. The van der Waals surface area contributed by atoms with Crippen LogP contribution in [0.25, 0.3) is 22.3 Å². The van der Waals surface area contributed by atoms with E-state index in [0.29, 0.717) is 17.0 Å². The second-order valence-electron chi connectivity index (χ2n) is 11.7. The van der Waals surface area contributed by atoms with Gasteiger partial charge in [0.05, 0.1) is 44.3 Å². The number of aromatic nitrogens is 8. The van der Waals surface area contributed by atoms with Crippen LogP contribution in [0.2, 0.25) is 0 Å². The lowest BCUT2D eigenvalue weighted by Crippen LogP contribution is -2.47. The van der Waals surface area contributed by atoms with Gasteiger partial charge in [0, 0.05) is 5.92 Å². The lowest BCUT2D eigenvalue weighted by atomic mass is 9.97. The molecule has 0 aliphatic carbocycles. The fraction of sp³-hybridized carbons (Fsp3) is 0.583. The number of fused-ring (bicyclic) bond motifs is 4. The molecule has 0 saturated carbocycles. The van der Waals surface area contributed by atoms with Gasteiger partial charge in [0.1, 0.15) is 41.6 Å². The Balaban J connectivity index is 1.15. The Morgan fingerprint density at radius 2 is 1.89 bits per heavy atom. The number of nitrogens with two attached hydrogens (primary N) is 1. The summed E-state index contributed by atoms with van der Waals surface area (Å²) in [5, 5.41) is 10.4. The molecule has 20 nitrogen and oxygen atoms in total. The van der Waals surface area contributed by atoms with E-state index in [2.05, 4.69) is 29.9 Å². The van der Waals surface area contributed by atoms with Gasteiger partial charge in [0.15, 0.2) is 35.1 Å². The number of ether oxygens (including phenoxy) is 3.